The highest BCUT2D eigenvalue weighted by atomic mass is 16.7. The van der Waals surface area contributed by atoms with E-state index in [0.29, 0.717) is 13.0 Å². The molecule has 5 nitrogen and oxygen atoms in total. The molecule has 0 aliphatic carbocycles. The van der Waals surface area contributed by atoms with E-state index in [0.717, 1.165) is 33.8 Å². The molecule has 1 unspecified atom stereocenters. The fourth-order valence-corrected chi connectivity index (χ4v) is 3.40. The van der Waals surface area contributed by atoms with Crippen molar-refractivity contribution in [2.45, 2.75) is 25.8 Å². The topological polar surface area (TPSA) is 60.5 Å². The second-order valence-corrected chi connectivity index (χ2v) is 6.86. The SMILES string of the molecule is Cc1cnccc1CNC(=O)CC(c1ccccc1)c1ccc2c(c1)OCO2. The number of nitrogens with one attached hydrogen (secondary N) is 1. The van der Waals surface area contributed by atoms with Crippen molar-refractivity contribution < 1.29 is 14.3 Å². The van der Waals surface area contributed by atoms with Gasteiger partial charge in [0.25, 0.3) is 0 Å². The number of hydrogen-bond acceptors (Lipinski definition) is 4. The molecule has 2 heterocycles. The third-order valence-electron chi connectivity index (χ3n) is 5.00. The van der Waals surface area contributed by atoms with Gasteiger partial charge < -0.3 is 14.8 Å². The Hall–Kier alpha value is -3.34. The molecule has 0 spiro atoms. The Morgan fingerprint density at radius 1 is 1.07 bits per heavy atom. The van der Waals surface area contributed by atoms with Crippen LogP contribution >= 0.6 is 0 Å². The second kappa shape index (κ2) is 8.13. The van der Waals surface area contributed by atoms with Gasteiger partial charge in [-0.2, -0.15) is 0 Å². The van der Waals surface area contributed by atoms with Gasteiger partial charge in [0, 0.05) is 31.3 Å². The smallest absolute Gasteiger partial charge is 0.231 e. The van der Waals surface area contributed by atoms with Gasteiger partial charge in [0.05, 0.1) is 0 Å². The van der Waals surface area contributed by atoms with Gasteiger partial charge >= 0.3 is 0 Å². The van der Waals surface area contributed by atoms with Crippen LogP contribution in [-0.2, 0) is 11.3 Å². The number of nitrogens with zero attached hydrogens (tertiary/aromatic N) is 1. The summed E-state index contributed by atoms with van der Waals surface area (Å²) in [6.45, 7) is 2.73. The summed E-state index contributed by atoms with van der Waals surface area (Å²) in [6, 6.07) is 17.9. The van der Waals surface area contributed by atoms with E-state index in [-0.39, 0.29) is 18.6 Å². The van der Waals surface area contributed by atoms with Crippen molar-refractivity contribution in [1.82, 2.24) is 10.3 Å². The molecule has 2 aromatic carbocycles. The van der Waals surface area contributed by atoms with Crippen LogP contribution in [0.15, 0.2) is 67.0 Å². The molecule has 1 aliphatic rings. The van der Waals surface area contributed by atoms with Gasteiger partial charge in [-0.15, -0.1) is 0 Å². The minimum Gasteiger partial charge on any atom is -0.454 e. The lowest BCUT2D eigenvalue weighted by Gasteiger charge is -2.18. The summed E-state index contributed by atoms with van der Waals surface area (Å²) < 4.78 is 10.9. The zero-order chi connectivity index (χ0) is 19.3. The van der Waals surface area contributed by atoms with E-state index in [4.69, 9.17) is 9.47 Å². The van der Waals surface area contributed by atoms with Gasteiger partial charge in [-0.3, -0.25) is 9.78 Å². The summed E-state index contributed by atoms with van der Waals surface area (Å²) in [7, 11) is 0. The van der Waals surface area contributed by atoms with E-state index >= 15 is 0 Å². The van der Waals surface area contributed by atoms with Crippen LogP contribution in [0.5, 0.6) is 11.5 Å². The fraction of sp³-hybridized carbons (Fsp3) is 0.217. The summed E-state index contributed by atoms with van der Waals surface area (Å²) in [5, 5.41) is 3.04. The first kappa shape index (κ1) is 18.0. The van der Waals surface area contributed by atoms with Crippen LogP contribution in [0, 0.1) is 6.92 Å². The molecular weight excluding hydrogens is 352 g/mol. The highest BCUT2D eigenvalue weighted by Gasteiger charge is 2.22. The standard InChI is InChI=1S/C23H22N2O3/c1-16-13-24-10-9-19(16)14-25-23(26)12-20(17-5-3-2-4-6-17)18-7-8-21-22(11-18)28-15-27-21/h2-11,13,20H,12,14-15H2,1H3,(H,25,26). The zero-order valence-corrected chi connectivity index (χ0v) is 15.7. The minimum atomic E-state index is -0.0609. The number of amides is 1. The average molecular weight is 374 g/mol. The van der Waals surface area contributed by atoms with Crippen molar-refractivity contribution in [3.8, 4) is 11.5 Å². The molecule has 4 rings (SSSR count). The zero-order valence-electron chi connectivity index (χ0n) is 15.7. The summed E-state index contributed by atoms with van der Waals surface area (Å²) in [5.41, 5.74) is 4.27. The van der Waals surface area contributed by atoms with Crippen molar-refractivity contribution in [3.63, 3.8) is 0 Å². The van der Waals surface area contributed by atoms with Gasteiger partial charge in [-0.25, -0.2) is 0 Å². The van der Waals surface area contributed by atoms with E-state index < -0.39 is 0 Å². The highest BCUT2D eigenvalue weighted by Crippen LogP contribution is 2.37. The lowest BCUT2D eigenvalue weighted by atomic mass is 9.88. The number of fused-ring (bicyclic) bond motifs is 1. The summed E-state index contributed by atoms with van der Waals surface area (Å²) in [4.78, 5) is 16.8. The molecule has 0 saturated heterocycles. The number of carbonyl (C=O) groups is 1. The maximum Gasteiger partial charge on any atom is 0.231 e. The van der Waals surface area contributed by atoms with Gasteiger partial charge in [0.2, 0.25) is 12.7 Å². The van der Waals surface area contributed by atoms with E-state index in [2.05, 4.69) is 22.4 Å². The van der Waals surface area contributed by atoms with Crippen LogP contribution in [0.2, 0.25) is 0 Å². The predicted octanol–water partition coefficient (Wildman–Crippen LogP) is 3.96. The third kappa shape index (κ3) is 3.98. The lowest BCUT2D eigenvalue weighted by Crippen LogP contribution is -2.25. The molecule has 3 aromatic rings. The Balaban J connectivity index is 1.53. The van der Waals surface area contributed by atoms with Crippen molar-refractivity contribution in [3.05, 3.63) is 89.2 Å². The van der Waals surface area contributed by atoms with Gasteiger partial charge in [0.15, 0.2) is 11.5 Å². The second-order valence-electron chi connectivity index (χ2n) is 6.86. The van der Waals surface area contributed by atoms with E-state index in [9.17, 15) is 4.79 Å². The molecule has 1 N–H and O–H groups in total. The monoisotopic (exact) mass is 374 g/mol. The quantitative estimate of drug-likeness (QED) is 0.710. The molecule has 1 aliphatic heterocycles. The molecule has 0 bridgehead atoms. The Morgan fingerprint density at radius 2 is 1.89 bits per heavy atom. The molecule has 1 amide bonds. The Morgan fingerprint density at radius 3 is 2.71 bits per heavy atom. The molecule has 0 radical (unpaired) electrons. The Labute approximate surface area is 164 Å². The molecule has 142 valence electrons. The minimum absolute atomic E-state index is 0.00253. The Kier molecular flexibility index (Phi) is 5.24. The number of carbonyl (C=O) groups excluding carboxylic acids is 1. The number of rotatable bonds is 6. The maximum absolute atomic E-state index is 12.7. The average Bonchev–Trinajstić information content (AvgIpc) is 3.20. The van der Waals surface area contributed by atoms with Crippen LogP contribution < -0.4 is 14.8 Å². The molecule has 1 atom stereocenters. The molecule has 0 fully saturated rings. The van der Waals surface area contributed by atoms with Crippen LogP contribution in [0.25, 0.3) is 0 Å². The number of pyridine rings is 1. The van der Waals surface area contributed by atoms with Gasteiger partial charge in [0.1, 0.15) is 0 Å². The van der Waals surface area contributed by atoms with Crippen LogP contribution in [0.1, 0.15) is 34.6 Å². The molecule has 1 aromatic heterocycles. The maximum atomic E-state index is 12.7. The van der Waals surface area contributed by atoms with Crippen molar-refractivity contribution in [2.24, 2.45) is 0 Å². The van der Waals surface area contributed by atoms with Crippen LogP contribution in [0.4, 0.5) is 0 Å². The number of hydrogen-bond donors (Lipinski definition) is 1. The first-order chi connectivity index (χ1) is 13.7. The molecule has 28 heavy (non-hydrogen) atoms. The fourth-order valence-electron chi connectivity index (χ4n) is 3.40. The summed E-state index contributed by atoms with van der Waals surface area (Å²) >= 11 is 0. The van der Waals surface area contributed by atoms with E-state index in [1.807, 2.05) is 49.4 Å². The highest BCUT2D eigenvalue weighted by molar-refractivity contribution is 5.77. The first-order valence-corrected chi connectivity index (χ1v) is 9.31. The van der Waals surface area contributed by atoms with E-state index in [1.165, 1.54) is 0 Å². The number of aryl methyl sites for hydroxylation is 1. The van der Waals surface area contributed by atoms with Gasteiger partial charge in [-0.05, 0) is 47.4 Å². The molecule has 0 saturated carbocycles. The first-order valence-electron chi connectivity index (χ1n) is 9.31. The number of benzene rings is 2. The Bertz CT molecular complexity index is 973. The largest absolute Gasteiger partial charge is 0.454 e. The number of aromatic nitrogens is 1. The van der Waals surface area contributed by atoms with Gasteiger partial charge in [-0.1, -0.05) is 36.4 Å². The number of ether oxygens (including phenoxy) is 2. The summed E-state index contributed by atoms with van der Waals surface area (Å²) in [5.74, 6) is 1.41. The van der Waals surface area contributed by atoms with Crippen molar-refractivity contribution >= 4 is 5.91 Å². The summed E-state index contributed by atoms with van der Waals surface area (Å²) in [6.07, 6.45) is 3.91. The van der Waals surface area contributed by atoms with Crippen LogP contribution in [-0.4, -0.2) is 17.7 Å². The molecule has 5 heteroatoms. The van der Waals surface area contributed by atoms with Crippen LogP contribution in [0.3, 0.4) is 0 Å². The predicted molar refractivity (Wildman–Crippen MR) is 106 cm³/mol. The third-order valence-corrected chi connectivity index (χ3v) is 5.00. The lowest BCUT2D eigenvalue weighted by molar-refractivity contribution is -0.121. The van der Waals surface area contributed by atoms with E-state index in [1.54, 1.807) is 12.4 Å². The van der Waals surface area contributed by atoms with Crippen molar-refractivity contribution in [2.75, 3.05) is 6.79 Å². The molecular formula is C23H22N2O3. The van der Waals surface area contributed by atoms with Crippen molar-refractivity contribution in [1.29, 1.82) is 0 Å². The normalized spacial score (nSPS) is 13.2.